The van der Waals surface area contributed by atoms with Crippen molar-refractivity contribution in [3.63, 3.8) is 0 Å². The Kier molecular flexibility index (Phi) is 5.56. The maximum Gasteiger partial charge on any atom is 0.240 e. The van der Waals surface area contributed by atoms with Gasteiger partial charge in [0, 0.05) is 18.7 Å². The van der Waals surface area contributed by atoms with Crippen LogP contribution in [0.4, 0.5) is 0 Å². The summed E-state index contributed by atoms with van der Waals surface area (Å²) < 4.78 is 32.5. The lowest BCUT2D eigenvalue weighted by Crippen LogP contribution is -2.44. The van der Waals surface area contributed by atoms with Gasteiger partial charge in [0.1, 0.15) is 5.75 Å². The van der Waals surface area contributed by atoms with Crippen molar-refractivity contribution in [1.29, 1.82) is 0 Å². The molecule has 6 heteroatoms. The SMILES string of the molecule is COc1cccc(S(=O)(=O)NC(CCO)C(C)(C)C)c1. The van der Waals surface area contributed by atoms with Crippen LogP contribution in [-0.4, -0.2) is 33.3 Å². The topological polar surface area (TPSA) is 75.6 Å². The second-order valence-electron chi connectivity index (χ2n) is 5.73. The molecule has 0 spiro atoms. The molecule has 0 amide bonds. The standard InChI is InChI=1S/C14H23NO4S/c1-14(2,3)13(8-9-16)15-20(17,18)12-7-5-6-11(10-12)19-4/h5-7,10,13,15-16H,8-9H2,1-4H3. The Hall–Kier alpha value is -1.11. The second-order valence-corrected chi connectivity index (χ2v) is 7.45. The number of aliphatic hydroxyl groups excluding tert-OH is 1. The van der Waals surface area contributed by atoms with Gasteiger partial charge in [0.2, 0.25) is 10.0 Å². The zero-order valence-electron chi connectivity index (χ0n) is 12.4. The van der Waals surface area contributed by atoms with E-state index in [2.05, 4.69) is 4.72 Å². The van der Waals surface area contributed by atoms with Gasteiger partial charge in [0.05, 0.1) is 12.0 Å². The van der Waals surface area contributed by atoms with Gasteiger partial charge in [-0.3, -0.25) is 0 Å². The van der Waals surface area contributed by atoms with Gasteiger partial charge < -0.3 is 9.84 Å². The first kappa shape index (κ1) is 16.9. The summed E-state index contributed by atoms with van der Waals surface area (Å²) in [5.74, 6) is 0.488. The summed E-state index contributed by atoms with van der Waals surface area (Å²) >= 11 is 0. The van der Waals surface area contributed by atoms with Gasteiger partial charge in [-0.1, -0.05) is 26.8 Å². The second kappa shape index (κ2) is 6.56. The first-order chi connectivity index (χ1) is 9.20. The summed E-state index contributed by atoms with van der Waals surface area (Å²) in [7, 11) is -2.15. The molecule has 114 valence electrons. The van der Waals surface area contributed by atoms with Crippen molar-refractivity contribution in [2.45, 2.75) is 38.1 Å². The summed E-state index contributed by atoms with van der Waals surface area (Å²) in [4.78, 5) is 0.157. The Balaban J connectivity index is 3.03. The van der Waals surface area contributed by atoms with E-state index in [1.165, 1.54) is 19.2 Å². The van der Waals surface area contributed by atoms with Gasteiger partial charge in [-0.15, -0.1) is 0 Å². The summed E-state index contributed by atoms with van der Waals surface area (Å²) in [5, 5.41) is 9.09. The van der Waals surface area contributed by atoms with E-state index in [4.69, 9.17) is 9.84 Å². The molecule has 0 aromatic heterocycles. The third kappa shape index (κ3) is 4.47. The number of aliphatic hydroxyl groups is 1. The summed E-state index contributed by atoms with van der Waals surface area (Å²) in [5.41, 5.74) is -0.283. The van der Waals surface area contributed by atoms with E-state index >= 15 is 0 Å². The molecule has 20 heavy (non-hydrogen) atoms. The number of ether oxygens (including phenoxy) is 1. The van der Waals surface area contributed by atoms with Crippen LogP contribution in [-0.2, 0) is 10.0 Å². The molecule has 5 nitrogen and oxygen atoms in total. The van der Waals surface area contributed by atoms with Gasteiger partial charge in [0.15, 0.2) is 0 Å². The van der Waals surface area contributed by atoms with E-state index in [0.29, 0.717) is 12.2 Å². The molecule has 1 rings (SSSR count). The molecule has 1 atom stereocenters. The van der Waals surface area contributed by atoms with Crippen LogP contribution in [0.3, 0.4) is 0 Å². The van der Waals surface area contributed by atoms with Crippen molar-refractivity contribution < 1.29 is 18.3 Å². The summed E-state index contributed by atoms with van der Waals surface area (Å²) in [6.07, 6.45) is 0.368. The van der Waals surface area contributed by atoms with Crippen molar-refractivity contribution in [1.82, 2.24) is 4.72 Å². The molecule has 0 aliphatic heterocycles. The van der Waals surface area contributed by atoms with Gasteiger partial charge in [0.25, 0.3) is 0 Å². The van der Waals surface area contributed by atoms with Crippen molar-refractivity contribution in [3.05, 3.63) is 24.3 Å². The zero-order valence-corrected chi connectivity index (χ0v) is 13.2. The van der Waals surface area contributed by atoms with Gasteiger partial charge >= 0.3 is 0 Å². The average Bonchev–Trinajstić information content (AvgIpc) is 2.37. The Morgan fingerprint density at radius 1 is 1.35 bits per heavy atom. The number of benzene rings is 1. The molecular formula is C14H23NO4S. The highest BCUT2D eigenvalue weighted by atomic mass is 32.2. The molecule has 0 saturated carbocycles. The molecular weight excluding hydrogens is 278 g/mol. The minimum Gasteiger partial charge on any atom is -0.497 e. The van der Waals surface area contributed by atoms with Crippen LogP contribution in [0.5, 0.6) is 5.75 Å². The molecule has 0 saturated heterocycles. The van der Waals surface area contributed by atoms with E-state index in [1.54, 1.807) is 12.1 Å². The molecule has 1 aromatic carbocycles. The quantitative estimate of drug-likeness (QED) is 0.839. The van der Waals surface area contributed by atoms with Crippen LogP contribution >= 0.6 is 0 Å². The third-order valence-corrected chi connectivity index (χ3v) is 4.58. The Morgan fingerprint density at radius 2 is 2.00 bits per heavy atom. The summed E-state index contributed by atoms with van der Waals surface area (Å²) in [6, 6.07) is 5.97. The highest BCUT2D eigenvalue weighted by Gasteiger charge is 2.29. The molecule has 0 radical (unpaired) electrons. The van der Waals surface area contributed by atoms with E-state index in [0.717, 1.165) is 0 Å². The fourth-order valence-corrected chi connectivity index (χ4v) is 3.33. The Morgan fingerprint density at radius 3 is 2.50 bits per heavy atom. The molecule has 1 aromatic rings. The normalized spacial score (nSPS) is 14.1. The smallest absolute Gasteiger partial charge is 0.240 e. The Labute approximate surface area is 121 Å². The zero-order chi connectivity index (χ0) is 15.4. The lowest BCUT2D eigenvalue weighted by atomic mass is 9.86. The van der Waals surface area contributed by atoms with E-state index < -0.39 is 10.0 Å². The number of nitrogens with one attached hydrogen (secondary N) is 1. The largest absolute Gasteiger partial charge is 0.497 e. The number of methoxy groups -OCH3 is 1. The molecule has 0 aliphatic carbocycles. The number of hydrogen-bond donors (Lipinski definition) is 2. The fourth-order valence-electron chi connectivity index (χ4n) is 1.82. The van der Waals surface area contributed by atoms with Gasteiger partial charge in [-0.05, 0) is 24.0 Å². The molecule has 2 N–H and O–H groups in total. The molecule has 0 bridgehead atoms. The number of hydrogen-bond acceptors (Lipinski definition) is 4. The van der Waals surface area contributed by atoms with E-state index in [-0.39, 0.29) is 23.0 Å². The minimum atomic E-state index is -3.64. The molecule has 0 aliphatic rings. The van der Waals surface area contributed by atoms with Crippen LogP contribution in [0.25, 0.3) is 0 Å². The fraction of sp³-hybridized carbons (Fsp3) is 0.571. The first-order valence-corrected chi connectivity index (χ1v) is 7.96. The van der Waals surface area contributed by atoms with Crippen molar-refractivity contribution in [2.24, 2.45) is 5.41 Å². The predicted octanol–water partition coefficient (Wildman–Crippen LogP) is 1.77. The maximum absolute atomic E-state index is 12.4. The molecule has 0 fully saturated rings. The van der Waals surface area contributed by atoms with Crippen LogP contribution in [0.1, 0.15) is 27.2 Å². The van der Waals surface area contributed by atoms with Crippen LogP contribution in [0.15, 0.2) is 29.2 Å². The van der Waals surface area contributed by atoms with Crippen molar-refractivity contribution in [3.8, 4) is 5.75 Å². The van der Waals surface area contributed by atoms with Gasteiger partial charge in [-0.25, -0.2) is 13.1 Å². The highest BCUT2D eigenvalue weighted by Crippen LogP contribution is 2.24. The van der Waals surface area contributed by atoms with Crippen LogP contribution in [0, 0.1) is 5.41 Å². The summed E-state index contributed by atoms with van der Waals surface area (Å²) in [6.45, 7) is 5.73. The average molecular weight is 301 g/mol. The van der Waals surface area contributed by atoms with Crippen LogP contribution < -0.4 is 9.46 Å². The van der Waals surface area contributed by atoms with Crippen molar-refractivity contribution in [2.75, 3.05) is 13.7 Å². The lowest BCUT2D eigenvalue weighted by molar-refractivity contribution is 0.214. The van der Waals surface area contributed by atoms with Crippen LogP contribution in [0.2, 0.25) is 0 Å². The molecule has 0 heterocycles. The Bertz CT molecular complexity index is 534. The maximum atomic E-state index is 12.4. The lowest BCUT2D eigenvalue weighted by Gasteiger charge is -2.30. The third-order valence-electron chi connectivity index (χ3n) is 3.11. The van der Waals surface area contributed by atoms with Crippen molar-refractivity contribution >= 4 is 10.0 Å². The van der Waals surface area contributed by atoms with E-state index in [9.17, 15) is 8.42 Å². The number of sulfonamides is 1. The monoisotopic (exact) mass is 301 g/mol. The number of rotatable bonds is 6. The van der Waals surface area contributed by atoms with E-state index in [1.807, 2.05) is 20.8 Å². The van der Waals surface area contributed by atoms with Gasteiger partial charge in [-0.2, -0.15) is 0 Å². The first-order valence-electron chi connectivity index (χ1n) is 6.48. The molecule has 1 unspecified atom stereocenters. The highest BCUT2D eigenvalue weighted by molar-refractivity contribution is 7.89. The minimum absolute atomic E-state index is 0.0669. The predicted molar refractivity (Wildman–Crippen MR) is 78.3 cm³/mol.